The summed E-state index contributed by atoms with van der Waals surface area (Å²) in [5.41, 5.74) is 1.11. The molecule has 2 aromatic carbocycles. The van der Waals surface area contributed by atoms with Crippen LogP contribution in [0.2, 0.25) is 0 Å². The smallest absolute Gasteiger partial charge is 0.218 e. The van der Waals surface area contributed by atoms with Crippen molar-refractivity contribution in [3.8, 4) is 0 Å². The fraction of sp³-hybridized carbons (Fsp3) is 0. The van der Waals surface area contributed by atoms with Crippen molar-refractivity contribution in [2.45, 2.75) is 0 Å². The van der Waals surface area contributed by atoms with Crippen LogP contribution in [0.3, 0.4) is 0 Å². The van der Waals surface area contributed by atoms with E-state index >= 15 is 0 Å². The Morgan fingerprint density at radius 1 is 0.684 bits per heavy atom. The molecule has 0 heterocycles. The fourth-order valence-electron chi connectivity index (χ4n) is 1.56. The zero-order valence-corrected chi connectivity index (χ0v) is 10.00. The van der Waals surface area contributed by atoms with Crippen LogP contribution in [-0.4, -0.2) is 11.9 Å². The molecule has 0 spiro atoms. The molecular weight excluding hydrogens is 240 g/mol. The van der Waals surface area contributed by atoms with Gasteiger partial charge in [0.05, 0.1) is 0 Å². The summed E-state index contributed by atoms with van der Waals surface area (Å²) in [6.45, 7) is 0. The SMILES string of the molecule is O=C=C(OC(=C=O)c1ccccc1)c1ccccc1. The van der Waals surface area contributed by atoms with Crippen LogP contribution in [0.4, 0.5) is 0 Å². The highest BCUT2D eigenvalue weighted by Crippen LogP contribution is 2.21. The number of hydrogen-bond acceptors (Lipinski definition) is 3. The lowest BCUT2D eigenvalue weighted by molar-refractivity contribution is 0.465. The Labute approximate surface area is 110 Å². The summed E-state index contributed by atoms with van der Waals surface area (Å²) >= 11 is 0. The maximum absolute atomic E-state index is 11.0. The highest BCUT2D eigenvalue weighted by molar-refractivity contribution is 5.91. The second kappa shape index (κ2) is 6.18. The first-order valence-corrected chi connectivity index (χ1v) is 5.64. The van der Waals surface area contributed by atoms with Crippen molar-refractivity contribution in [1.82, 2.24) is 0 Å². The molecule has 19 heavy (non-hydrogen) atoms. The van der Waals surface area contributed by atoms with E-state index in [9.17, 15) is 9.59 Å². The summed E-state index contributed by atoms with van der Waals surface area (Å²) in [5.74, 6) is 3.32. The van der Waals surface area contributed by atoms with E-state index in [0.29, 0.717) is 11.1 Å². The number of benzene rings is 2. The van der Waals surface area contributed by atoms with Crippen molar-refractivity contribution in [1.29, 1.82) is 0 Å². The molecule has 0 bridgehead atoms. The van der Waals surface area contributed by atoms with Crippen LogP contribution in [0.15, 0.2) is 60.7 Å². The summed E-state index contributed by atoms with van der Waals surface area (Å²) in [5, 5.41) is 0. The molecule has 0 unspecified atom stereocenters. The highest BCUT2D eigenvalue weighted by atomic mass is 16.5. The van der Waals surface area contributed by atoms with Crippen molar-refractivity contribution in [2.24, 2.45) is 0 Å². The lowest BCUT2D eigenvalue weighted by atomic mass is 10.2. The van der Waals surface area contributed by atoms with Crippen LogP contribution in [0, 0.1) is 0 Å². The third kappa shape index (κ3) is 3.08. The molecule has 0 aliphatic rings. The van der Waals surface area contributed by atoms with Crippen LogP contribution in [-0.2, 0) is 14.3 Å². The maximum atomic E-state index is 11.0. The standard InChI is InChI=1S/C16H10O3/c17-11-15(13-7-3-1-4-8-13)19-16(12-18)14-9-5-2-6-10-14/h1-10H. The number of rotatable bonds is 4. The van der Waals surface area contributed by atoms with E-state index in [4.69, 9.17) is 4.74 Å². The van der Waals surface area contributed by atoms with E-state index in [1.165, 1.54) is 0 Å². The second-order valence-corrected chi connectivity index (χ2v) is 3.70. The molecule has 2 rings (SSSR count). The van der Waals surface area contributed by atoms with E-state index in [1.807, 2.05) is 12.1 Å². The van der Waals surface area contributed by atoms with Gasteiger partial charge in [-0.3, -0.25) is 0 Å². The van der Waals surface area contributed by atoms with Crippen LogP contribution >= 0.6 is 0 Å². The molecule has 0 aromatic heterocycles. The van der Waals surface area contributed by atoms with Crippen molar-refractivity contribution in [2.75, 3.05) is 0 Å². The van der Waals surface area contributed by atoms with Gasteiger partial charge in [-0.2, -0.15) is 0 Å². The van der Waals surface area contributed by atoms with E-state index in [0.717, 1.165) is 0 Å². The number of carbonyl (C=O) groups excluding carboxylic acids is 2. The van der Waals surface area contributed by atoms with Crippen molar-refractivity contribution in [3.63, 3.8) is 0 Å². The molecule has 0 aliphatic carbocycles. The molecule has 0 fully saturated rings. The Kier molecular flexibility index (Phi) is 4.09. The van der Waals surface area contributed by atoms with Gasteiger partial charge in [-0.15, -0.1) is 0 Å². The van der Waals surface area contributed by atoms with Gasteiger partial charge >= 0.3 is 0 Å². The largest absolute Gasteiger partial charge is 0.433 e. The minimum atomic E-state index is -0.0391. The molecule has 0 aliphatic heterocycles. The lowest BCUT2D eigenvalue weighted by Crippen LogP contribution is -1.94. The Bertz CT molecular complexity index is 587. The summed E-state index contributed by atoms with van der Waals surface area (Å²) < 4.78 is 5.31. The molecule has 0 N–H and O–H groups in total. The van der Waals surface area contributed by atoms with Gasteiger partial charge in [0.25, 0.3) is 0 Å². The van der Waals surface area contributed by atoms with Crippen LogP contribution in [0.1, 0.15) is 11.1 Å². The van der Waals surface area contributed by atoms with Gasteiger partial charge in [0, 0.05) is 11.1 Å². The summed E-state index contributed by atoms with van der Waals surface area (Å²) in [7, 11) is 0. The summed E-state index contributed by atoms with van der Waals surface area (Å²) in [4.78, 5) is 21.9. The van der Waals surface area contributed by atoms with E-state index in [1.54, 1.807) is 60.4 Å². The molecule has 92 valence electrons. The van der Waals surface area contributed by atoms with Gasteiger partial charge in [-0.1, -0.05) is 60.7 Å². The molecular formula is C16H10O3. The van der Waals surface area contributed by atoms with E-state index < -0.39 is 0 Å². The zero-order valence-electron chi connectivity index (χ0n) is 10.00. The molecule has 0 saturated carbocycles. The third-order valence-electron chi connectivity index (χ3n) is 2.46. The highest BCUT2D eigenvalue weighted by Gasteiger charge is 2.10. The van der Waals surface area contributed by atoms with Gasteiger partial charge in [-0.05, 0) is 0 Å². The Morgan fingerprint density at radius 2 is 1.05 bits per heavy atom. The Hall–Kier alpha value is -2.86. The third-order valence-corrected chi connectivity index (χ3v) is 2.46. The summed E-state index contributed by atoms with van der Waals surface area (Å²) in [6.07, 6.45) is 0. The second-order valence-electron chi connectivity index (χ2n) is 3.70. The predicted octanol–water partition coefficient (Wildman–Crippen LogP) is 2.75. The molecule has 2 aromatic rings. The molecule has 0 atom stereocenters. The fourth-order valence-corrected chi connectivity index (χ4v) is 1.56. The zero-order chi connectivity index (χ0) is 13.5. The monoisotopic (exact) mass is 250 g/mol. The average molecular weight is 250 g/mol. The molecule has 0 amide bonds. The van der Waals surface area contributed by atoms with E-state index in [2.05, 4.69) is 0 Å². The summed E-state index contributed by atoms with van der Waals surface area (Å²) in [6, 6.07) is 17.5. The lowest BCUT2D eigenvalue weighted by Gasteiger charge is -2.07. The molecule has 3 nitrogen and oxygen atoms in total. The van der Waals surface area contributed by atoms with Gasteiger partial charge in [0.1, 0.15) is 0 Å². The Morgan fingerprint density at radius 3 is 1.37 bits per heavy atom. The van der Waals surface area contributed by atoms with Gasteiger partial charge in [-0.25, -0.2) is 9.59 Å². The maximum Gasteiger partial charge on any atom is 0.218 e. The number of hydrogen-bond donors (Lipinski definition) is 0. The van der Waals surface area contributed by atoms with Gasteiger partial charge in [0.2, 0.25) is 11.5 Å². The average Bonchev–Trinajstić information content (AvgIpc) is 2.50. The topological polar surface area (TPSA) is 43.4 Å². The molecule has 3 heteroatoms. The Balaban J connectivity index is 2.29. The van der Waals surface area contributed by atoms with Gasteiger partial charge in [0.15, 0.2) is 11.9 Å². The van der Waals surface area contributed by atoms with Crippen LogP contribution in [0.5, 0.6) is 0 Å². The first-order valence-electron chi connectivity index (χ1n) is 5.64. The van der Waals surface area contributed by atoms with Gasteiger partial charge < -0.3 is 4.74 Å². The minimum Gasteiger partial charge on any atom is -0.433 e. The normalized spacial score (nSPS) is 9.05. The van der Waals surface area contributed by atoms with Crippen molar-refractivity contribution >= 4 is 23.4 Å². The van der Waals surface area contributed by atoms with E-state index in [-0.39, 0.29) is 11.5 Å². The first-order chi connectivity index (χ1) is 9.35. The molecule has 0 radical (unpaired) electrons. The van der Waals surface area contributed by atoms with Crippen molar-refractivity contribution < 1.29 is 14.3 Å². The number of ether oxygens (including phenoxy) is 1. The first kappa shape index (κ1) is 12.6. The predicted molar refractivity (Wildman–Crippen MR) is 72.2 cm³/mol. The van der Waals surface area contributed by atoms with Crippen molar-refractivity contribution in [3.05, 3.63) is 71.8 Å². The molecule has 0 saturated heterocycles. The van der Waals surface area contributed by atoms with Crippen LogP contribution < -0.4 is 0 Å². The quantitative estimate of drug-likeness (QED) is 0.619. The minimum absolute atomic E-state index is 0.0391. The van der Waals surface area contributed by atoms with Crippen LogP contribution in [0.25, 0.3) is 11.5 Å².